The van der Waals surface area contributed by atoms with E-state index in [1.165, 1.54) is 0 Å². The second kappa shape index (κ2) is 6.02. The monoisotopic (exact) mass is 261 g/mol. The molecule has 0 aliphatic rings. The van der Waals surface area contributed by atoms with Crippen molar-refractivity contribution in [1.82, 2.24) is 4.98 Å². The number of carbonyl (C=O) groups is 1. The molecule has 0 fully saturated rings. The molecule has 0 atom stereocenters. The topological polar surface area (TPSA) is 54.0 Å². The van der Waals surface area contributed by atoms with E-state index in [4.69, 9.17) is 11.6 Å². The fraction of sp³-hybridized carbons (Fsp3) is 0.0769. The Kier molecular flexibility index (Phi) is 4.15. The van der Waals surface area contributed by atoms with E-state index in [2.05, 4.69) is 15.6 Å². The minimum absolute atomic E-state index is 0.333. The van der Waals surface area contributed by atoms with Crippen molar-refractivity contribution in [2.24, 2.45) is 0 Å². The van der Waals surface area contributed by atoms with E-state index >= 15 is 0 Å². The van der Waals surface area contributed by atoms with Crippen molar-refractivity contribution >= 4 is 29.1 Å². The van der Waals surface area contributed by atoms with E-state index < -0.39 is 0 Å². The number of nitrogens with zero attached hydrogens (tertiary/aromatic N) is 1. The molecule has 0 spiro atoms. The number of nitrogens with one attached hydrogen (secondary N) is 2. The van der Waals surface area contributed by atoms with Crippen molar-refractivity contribution in [3.05, 3.63) is 54.2 Å². The van der Waals surface area contributed by atoms with Crippen LogP contribution in [0, 0.1) is 0 Å². The zero-order chi connectivity index (χ0) is 12.8. The minimum atomic E-state index is -0.333. The highest BCUT2D eigenvalue weighted by Gasteiger charge is 2.03. The fourth-order valence-corrected chi connectivity index (χ4v) is 1.59. The average molecular weight is 262 g/mol. The van der Waals surface area contributed by atoms with Gasteiger partial charge in [0.15, 0.2) is 0 Å². The molecule has 0 saturated carbocycles. The summed E-state index contributed by atoms with van der Waals surface area (Å²) in [5, 5.41) is 5.35. The highest BCUT2D eigenvalue weighted by molar-refractivity contribution is 6.17. The quantitative estimate of drug-likeness (QED) is 0.832. The van der Waals surface area contributed by atoms with Crippen LogP contribution in [0.15, 0.2) is 48.7 Å². The lowest BCUT2D eigenvalue weighted by atomic mass is 10.3. The van der Waals surface area contributed by atoms with Gasteiger partial charge in [-0.25, -0.2) is 9.78 Å². The molecule has 0 aliphatic heterocycles. The number of pyridine rings is 1. The Morgan fingerprint density at radius 2 is 1.94 bits per heavy atom. The van der Waals surface area contributed by atoms with Gasteiger partial charge in [0.1, 0.15) is 5.82 Å². The molecule has 1 aromatic carbocycles. The summed E-state index contributed by atoms with van der Waals surface area (Å²) in [4.78, 5) is 15.7. The molecule has 0 radical (unpaired) electrons. The highest BCUT2D eigenvalue weighted by atomic mass is 35.5. The Morgan fingerprint density at radius 1 is 1.17 bits per heavy atom. The second-order valence-corrected chi connectivity index (χ2v) is 3.90. The van der Waals surface area contributed by atoms with Gasteiger partial charge in [0.05, 0.1) is 0 Å². The molecular formula is C13H12ClN3O. The Bertz CT molecular complexity index is 531. The van der Waals surface area contributed by atoms with Gasteiger partial charge in [-0.2, -0.15) is 0 Å². The number of urea groups is 1. The van der Waals surface area contributed by atoms with Crippen molar-refractivity contribution in [3.8, 4) is 0 Å². The number of rotatable bonds is 3. The van der Waals surface area contributed by atoms with E-state index in [0.717, 1.165) is 11.3 Å². The number of alkyl halides is 1. The lowest BCUT2D eigenvalue weighted by molar-refractivity contribution is 0.262. The summed E-state index contributed by atoms with van der Waals surface area (Å²) >= 11 is 5.71. The van der Waals surface area contributed by atoms with Crippen molar-refractivity contribution < 1.29 is 4.79 Å². The van der Waals surface area contributed by atoms with Crippen LogP contribution in [-0.2, 0) is 5.88 Å². The highest BCUT2D eigenvalue weighted by Crippen LogP contribution is 2.10. The van der Waals surface area contributed by atoms with Crippen molar-refractivity contribution in [2.45, 2.75) is 5.88 Å². The van der Waals surface area contributed by atoms with Gasteiger partial charge in [0.2, 0.25) is 0 Å². The van der Waals surface area contributed by atoms with Crippen LogP contribution >= 0.6 is 11.6 Å². The van der Waals surface area contributed by atoms with Crippen LogP contribution in [0.4, 0.5) is 16.3 Å². The zero-order valence-electron chi connectivity index (χ0n) is 9.56. The Labute approximate surface area is 110 Å². The molecule has 0 unspecified atom stereocenters. The number of anilines is 2. The molecule has 0 bridgehead atoms. The lowest BCUT2D eigenvalue weighted by Gasteiger charge is -2.07. The molecule has 2 amide bonds. The third kappa shape index (κ3) is 3.46. The predicted molar refractivity (Wildman–Crippen MR) is 72.9 cm³/mol. The molecule has 5 heteroatoms. The van der Waals surface area contributed by atoms with Crippen LogP contribution < -0.4 is 10.6 Å². The van der Waals surface area contributed by atoms with Crippen molar-refractivity contribution in [1.29, 1.82) is 0 Å². The molecule has 1 aromatic heterocycles. The number of para-hydroxylation sites is 1. The lowest BCUT2D eigenvalue weighted by Crippen LogP contribution is -2.20. The molecule has 0 aliphatic carbocycles. The summed E-state index contributed by atoms with van der Waals surface area (Å²) in [6.45, 7) is 0. The normalized spacial score (nSPS) is 9.83. The van der Waals surface area contributed by atoms with Crippen LogP contribution in [-0.4, -0.2) is 11.0 Å². The van der Waals surface area contributed by atoms with E-state index in [9.17, 15) is 4.79 Å². The van der Waals surface area contributed by atoms with E-state index in [1.807, 2.05) is 30.3 Å². The maximum atomic E-state index is 11.7. The van der Waals surface area contributed by atoms with Gasteiger partial charge in [0, 0.05) is 17.8 Å². The van der Waals surface area contributed by atoms with E-state index in [0.29, 0.717) is 11.7 Å². The first-order valence-electron chi connectivity index (χ1n) is 5.42. The predicted octanol–water partition coefficient (Wildman–Crippen LogP) is 3.46. The molecule has 4 nitrogen and oxygen atoms in total. The Hall–Kier alpha value is -2.07. The van der Waals surface area contributed by atoms with Gasteiger partial charge in [-0.15, -0.1) is 11.6 Å². The summed E-state index contributed by atoms with van der Waals surface area (Å²) in [5.74, 6) is 0.860. The molecule has 2 aromatic rings. The minimum Gasteiger partial charge on any atom is -0.308 e. The molecule has 2 N–H and O–H groups in total. The van der Waals surface area contributed by atoms with Gasteiger partial charge in [-0.05, 0) is 29.8 Å². The number of benzene rings is 1. The summed E-state index contributed by atoms with van der Waals surface area (Å²) in [5.41, 5.74) is 1.63. The van der Waals surface area contributed by atoms with Gasteiger partial charge >= 0.3 is 6.03 Å². The molecular weight excluding hydrogens is 250 g/mol. The maximum absolute atomic E-state index is 11.7. The first-order valence-corrected chi connectivity index (χ1v) is 5.95. The van der Waals surface area contributed by atoms with Crippen molar-refractivity contribution in [3.63, 3.8) is 0 Å². The molecule has 1 heterocycles. The van der Waals surface area contributed by atoms with Crippen LogP contribution in [0.25, 0.3) is 0 Å². The van der Waals surface area contributed by atoms with E-state index in [1.54, 1.807) is 18.3 Å². The van der Waals surface area contributed by atoms with Crippen LogP contribution in [0.2, 0.25) is 0 Å². The largest absolute Gasteiger partial charge is 0.324 e. The van der Waals surface area contributed by atoms with Crippen LogP contribution in [0.3, 0.4) is 0 Å². The second-order valence-electron chi connectivity index (χ2n) is 3.63. The number of amides is 2. The maximum Gasteiger partial charge on any atom is 0.324 e. The number of hydrogen-bond acceptors (Lipinski definition) is 2. The van der Waals surface area contributed by atoms with E-state index in [-0.39, 0.29) is 6.03 Å². The number of aromatic nitrogens is 1. The molecule has 0 saturated heterocycles. The zero-order valence-corrected chi connectivity index (χ0v) is 10.3. The Morgan fingerprint density at radius 3 is 2.67 bits per heavy atom. The van der Waals surface area contributed by atoms with Gasteiger partial charge in [0.25, 0.3) is 0 Å². The van der Waals surface area contributed by atoms with Crippen LogP contribution in [0.1, 0.15) is 5.56 Å². The standard InChI is InChI=1S/C13H12ClN3O/c14-9-10-6-7-15-12(8-10)17-13(18)16-11-4-2-1-3-5-11/h1-8H,9H2,(H2,15,16,17,18). The van der Waals surface area contributed by atoms with Gasteiger partial charge in [-0.3, -0.25) is 5.32 Å². The molecule has 2 rings (SSSR count). The number of hydrogen-bond donors (Lipinski definition) is 2. The first kappa shape index (κ1) is 12.4. The number of halogens is 1. The fourth-order valence-electron chi connectivity index (χ4n) is 1.43. The Balaban J connectivity index is 1.99. The third-order valence-electron chi connectivity index (χ3n) is 2.25. The SMILES string of the molecule is O=C(Nc1ccccc1)Nc1cc(CCl)ccn1. The first-order chi connectivity index (χ1) is 8.78. The summed E-state index contributed by atoms with van der Waals surface area (Å²) in [7, 11) is 0. The average Bonchev–Trinajstić information content (AvgIpc) is 2.40. The smallest absolute Gasteiger partial charge is 0.308 e. The van der Waals surface area contributed by atoms with Gasteiger partial charge in [-0.1, -0.05) is 18.2 Å². The van der Waals surface area contributed by atoms with Crippen molar-refractivity contribution in [2.75, 3.05) is 10.6 Å². The molecule has 18 heavy (non-hydrogen) atoms. The summed E-state index contributed by atoms with van der Waals surface area (Å²) in [6.07, 6.45) is 1.61. The number of carbonyl (C=O) groups excluding carboxylic acids is 1. The molecule has 92 valence electrons. The summed E-state index contributed by atoms with van der Waals surface area (Å²) < 4.78 is 0. The third-order valence-corrected chi connectivity index (χ3v) is 2.56. The summed E-state index contributed by atoms with van der Waals surface area (Å²) in [6, 6.07) is 12.4. The van der Waals surface area contributed by atoms with Gasteiger partial charge < -0.3 is 5.32 Å². The van der Waals surface area contributed by atoms with Crippen LogP contribution in [0.5, 0.6) is 0 Å².